The van der Waals surface area contributed by atoms with Gasteiger partial charge in [0.1, 0.15) is 12.4 Å². The molecule has 0 spiro atoms. The van der Waals surface area contributed by atoms with Crippen LogP contribution in [0.4, 0.5) is 0 Å². The van der Waals surface area contributed by atoms with E-state index in [9.17, 15) is 13.2 Å². The molecule has 1 saturated heterocycles. The van der Waals surface area contributed by atoms with Gasteiger partial charge in [-0.1, -0.05) is 29.8 Å². The van der Waals surface area contributed by atoms with E-state index in [2.05, 4.69) is 36.5 Å². The summed E-state index contributed by atoms with van der Waals surface area (Å²) in [6, 6.07) is 22.5. The molecule has 3 aromatic rings. The number of nitrogens with zero attached hydrogens (tertiary/aromatic N) is 1. The molecule has 0 aromatic heterocycles. The molecule has 4 rings (SSSR count). The van der Waals surface area contributed by atoms with Crippen molar-refractivity contribution in [3.8, 4) is 5.75 Å². The Balaban J connectivity index is 1.19. The number of rotatable bonds is 10. The summed E-state index contributed by atoms with van der Waals surface area (Å²) in [5.41, 5.74) is 3.01. The average molecular weight is 511 g/mol. The fraction of sp³-hybridized carbons (Fsp3) is 0.296. The van der Waals surface area contributed by atoms with Crippen LogP contribution in [-0.4, -0.2) is 44.9 Å². The van der Waals surface area contributed by atoms with E-state index in [4.69, 9.17) is 4.74 Å². The highest BCUT2D eigenvalue weighted by Gasteiger charge is 2.26. The molecule has 0 bridgehead atoms. The molecular formula is C27H30N2O4S2. The summed E-state index contributed by atoms with van der Waals surface area (Å²) in [6.45, 7) is 3.86. The summed E-state index contributed by atoms with van der Waals surface area (Å²) < 4.78 is 32.4. The van der Waals surface area contributed by atoms with Crippen molar-refractivity contribution in [2.75, 3.05) is 26.2 Å². The van der Waals surface area contributed by atoms with Gasteiger partial charge in [-0.2, -0.15) is 4.31 Å². The third-order valence-electron chi connectivity index (χ3n) is 5.83. The van der Waals surface area contributed by atoms with Crippen molar-refractivity contribution in [1.29, 1.82) is 0 Å². The van der Waals surface area contributed by atoms with Crippen molar-refractivity contribution in [2.45, 2.75) is 35.3 Å². The monoisotopic (exact) mass is 510 g/mol. The minimum absolute atomic E-state index is 0.154. The third-order valence-corrected chi connectivity index (χ3v) is 8.82. The molecule has 6 nitrogen and oxygen atoms in total. The lowest BCUT2D eigenvalue weighted by Crippen LogP contribution is -2.28. The molecule has 184 valence electrons. The summed E-state index contributed by atoms with van der Waals surface area (Å²) in [4.78, 5) is 13.9. The van der Waals surface area contributed by atoms with E-state index in [1.54, 1.807) is 36.0 Å². The van der Waals surface area contributed by atoms with Crippen LogP contribution in [0.5, 0.6) is 5.75 Å². The number of carbonyl (C=O) groups is 1. The van der Waals surface area contributed by atoms with E-state index in [1.165, 1.54) is 14.8 Å². The first-order chi connectivity index (χ1) is 16.9. The fourth-order valence-corrected chi connectivity index (χ4v) is 6.15. The predicted octanol–water partition coefficient (Wildman–Crippen LogP) is 4.88. The Labute approximate surface area is 211 Å². The van der Waals surface area contributed by atoms with Gasteiger partial charge in [-0.3, -0.25) is 4.79 Å². The normalized spacial score (nSPS) is 14.1. The maximum absolute atomic E-state index is 12.6. The van der Waals surface area contributed by atoms with Gasteiger partial charge in [-0.25, -0.2) is 8.42 Å². The van der Waals surface area contributed by atoms with Crippen molar-refractivity contribution in [3.05, 3.63) is 89.5 Å². The van der Waals surface area contributed by atoms with Gasteiger partial charge in [0.15, 0.2) is 0 Å². The summed E-state index contributed by atoms with van der Waals surface area (Å²) in [6.07, 6.45) is 1.81. The van der Waals surface area contributed by atoms with Gasteiger partial charge in [-0.05, 0) is 73.9 Å². The molecule has 0 aliphatic carbocycles. The second-order valence-electron chi connectivity index (χ2n) is 8.49. The van der Waals surface area contributed by atoms with Crippen LogP contribution >= 0.6 is 11.8 Å². The maximum atomic E-state index is 12.6. The Morgan fingerprint density at radius 3 is 2.26 bits per heavy atom. The van der Waals surface area contributed by atoms with E-state index in [1.807, 2.05) is 24.3 Å². The van der Waals surface area contributed by atoms with Crippen LogP contribution in [0.15, 0.2) is 82.6 Å². The third kappa shape index (κ3) is 6.87. The van der Waals surface area contributed by atoms with Crippen molar-refractivity contribution in [1.82, 2.24) is 9.62 Å². The van der Waals surface area contributed by atoms with Gasteiger partial charge in [-0.15, -0.1) is 11.8 Å². The van der Waals surface area contributed by atoms with Crippen LogP contribution in [0.2, 0.25) is 0 Å². The number of ether oxygens (including phenoxy) is 1. The van der Waals surface area contributed by atoms with Crippen molar-refractivity contribution < 1.29 is 17.9 Å². The van der Waals surface area contributed by atoms with Gasteiger partial charge in [0.05, 0.1) is 11.4 Å². The lowest BCUT2D eigenvalue weighted by Gasteiger charge is -2.15. The Bertz CT molecular complexity index is 1220. The topological polar surface area (TPSA) is 75.7 Å². The van der Waals surface area contributed by atoms with Crippen LogP contribution in [0.25, 0.3) is 0 Å². The number of thioether (sulfide) groups is 1. The van der Waals surface area contributed by atoms with Crippen LogP contribution < -0.4 is 10.1 Å². The van der Waals surface area contributed by atoms with E-state index in [-0.39, 0.29) is 17.4 Å². The molecule has 1 heterocycles. The zero-order valence-electron chi connectivity index (χ0n) is 19.8. The summed E-state index contributed by atoms with van der Waals surface area (Å²) in [5, 5.41) is 2.85. The molecule has 1 aliphatic rings. The summed E-state index contributed by atoms with van der Waals surface area (Å²) >= 11 is 1.77. The number of benzene rings is 3. The second kappa shape index (κ2) is 11.7. The lowest BCUT2D eigenvalue weighted by atomic mass is 10.1. The fourth-order valence-electron chi connectivity index (χ4n) is 3.77. The molecule has 8 heteroatoms. The Hall–Kier alpha value is -2.81. The molecular weight excluding hydrogens is 480 g/mol. The summed E-state index contributed by atoms with van der Waals surface area (Å²) in [5.74, 6) is 1.25. The molecule has 1 aliphatic heterocycles. The molecule has 1 fully saturated rings. The van der Waals surface area contributed by atoms with E-state index in [0.29, 0.717) is 30.9 Å². The molecule has 1 N–H and O–H groups in total. The Morgan fingerprint density at radius 1 is 0.943 bits per heavy atom. The van der Waals surface area contributed by atoms with Crippen LogP contribution in [-0.2, 0) is 15.8 Å². The highest BCUT2D eigenvalue weighted by molar-refractivity contribution is 7.98. The van der Waals surface area contributed by atoms with Crippen LogP contribution in [0, 0.1) is 6.92 Å². The zero-order valence-corrected chi connectivity index (χ0v) is 21.4. The van der Waals surface area contributed by atoms with Crippen molar-refractivity contribution in [3.63, 3.8) is 0 Å². The second-order valence-corrected chi connectivity index (χ2v) is 11.5. The molecule has 0 radical (unpaired) electrons. The Kier molecular flexibility index (Phi) is 8.49. The average Bonchev–Trinajstić information content (AvgIpc) is 3.43. The zero-order chi connectivity index (χ0) is 24.7. The van der Waals surface area contributed by atoms with Crippen molar-refractivity contribution >= 4 is 27.7 Å². The van der Waals surface area contributed by atoms with Gasteiger partial charge < -0.3 is 10.1 Å². The molecule has 0 unspecified atom stereocenters. The molecule has 0 saturated carbocycles. The quantitative estimate of drug-likeness (QED) is 0.311. The first-order valence-electron chi connectivity index (χ1n) is 11.7. The smallest absolute Gasteiger partial charge is 0.251 e. The maximum Gasteiger partial charge on any atom is 0.251 e. The highest BCUT2D eigenvalue weighted by atomic mass is 32.2. The van der Waals surface area contributed by atoms with E-state index < -0.39 is 10.0 Å². The number of aryl methyl sites for hydroxylation is 1. The number of sulfonamides is 1. The minimum atomic E-state index is -3.43. The molecule has 35 heavy (non-hydrogen) atoms. The number of carbonyl (C=O) groups excluding carboxylic acids is 1. The lowest BCUT2D eigenvalue weighted by molar-refractivity contribution is 0.0947. The van der Waals surface area contributed by atoms with E-state index >= 15 is 0 Å². The molecule has 0 atom stereocenters. The number of amides is 1. The number of hydrogen-bond acceptors (Lipinski definition) is 5. The summed E-state index contributed by atoms with van der Waals surface area (Å²) in [7, 11) is -3.43. The predicted molar refractivity (Wildman–Crippen MR) is 139 cm³/mol. The molecule has 1 amide bonds. The first-order valence-corrected chi connectivity index (χ1v) is 14.1. The SMILES string of the molecule is Cc1ccc(SCc2ccc(C(=O)NCCOc3ccc(S(=O)(=O)N4CCCC4)cc3)cc2)cc1. The molecule has 3 aromatic carbocycles. The number of nitrogens with one attached hydrogen (secondary N) is 1. The van der Waals surface area contributed by atoms with Gasteiger partial charge >= 0.3 is 0 Å². The Morgan fingerprint density at radius 2 is 1.60 bits per heavy atom. The van der Waals surface area contributed by atoms with Gasteiger partial charge in [0, 0.05) is 29.3 Å². The van der Waals surface area contributed by atoms with Gasteiger partial charge in [0.25, 0.3) is 5.91 Å². The van der Waals surface area contributed by atoms with Crippen LogP contribution in [0.1, 0.15) is 34.3 Å². The highest BCUT2D eigenvalue weighted by Crippen LogP contribution is 2.24. The standard InChI is InChI=1S/C27H30N2O4S2/c1-21-4-12-25(13-5-21)34-20-22-6-8-23(9-7-22)27(30)28-16-19-33-24-10-14-26(15-11-24)35(31,32)29-17-2-3-18-29/h4-15H,2-3,16-20H2,1H3,(H,28,30). The number of hydrogen-bond donors (Lipinski definition) is 1. The minimum Gasteiger partial charge on any atom is -0.492 e. The van der Waals surface area contributed by atoms with Crippen molar-refractivity contribution in [2.24, 2.45) is 0 Å². The van der Waals surface area contributed by atoms with Gasteiger partial charge in [0.2, 0.25) is 10.0 Å². The van der Waals surface area contributed by atoms with E-state index in [0.717, 1.165) is 24.2 Å². The van der Waals surface area contributed by atoms with Crippen LogP contribution in [0.3, 0.4) is 0 Å². The first kappa shape index (κ1) is 25.3. The largest absolute Gasteiger partial charge is 0.492 e.